The summed E-state index contributed by atoms with van der Waals surface area (Å²) in [6.07, 6.45) is 5.27. The van der Waals surface area contributed by atoms with Gasteiger partial charge in [-0.15, -0.1) is 0 Å². The van der Waals surface area contributed by atoms with Crippen LogP contribution in [0.4, 0.5) is 0 Å². The van der Waals surface area contributed by atoms with Gasteiger partial charge in [-0.2, -0.15) is 0 Å². The van der Waals surface area contributed by atoms with Gasteiger partial charge in [0.15, 0.2) is 0 Å². The predicted octanol–water partition coefficient (Wildman–Crippen LogP) is 4.76. The molecule has 0 aromatic heterocycles. The summed E-state index contributed by atoms with van der Waals surface area (Å²) in [4.78, 5) is 11.5. The van der Waals surface area contributed by atoms with Crippen LogP contribution in [0, 0.1) is 0 Å². The molecule has 1 aliphatic carbocycles. The Morgan fingerprint density at radius 2 is 1.66 bits per heavy atom. The number of aliphatic hydroxyl groups is 1. The van der Waals surface area contributed by atoms with E-state index in [1.54, 1.807) is 12.1 Å². The molecule has 202 valence electrons. The normalized spacial score (nSPS) is 15.1. The summed E-state index contributed by atoms with van der Waals surface area (Å²) in [5.74, 6) is -0.370. The SMILES string of the molecule is CC(=O)NS(=O)(=O)c1ccc(-c2ccc(CCNC[C@@H](O)c3ccccc3)cc2)cc1OC1CCCCC1. The monoisotopic (exact) mass is 536 g/mol. The Hall–Kier alpha value is -3.20. The highest BCUT2D eigenvalue weighted by molar-refractivity contribution is 7.90. The maximum atomic E-state index is 12.8. The summed E-state index contributed by atoms with van der Waals surface area (Å²) >= 11 is 0. The number of hydrogen-bond donors (Lipinski definition) is 3. The lowest BCUT2D eigenvalue weighted by Gasteiger charge is -2.24. The van der Waals surface area contributed by atoms with Crippen LogP contribution in [-0.4, -0.2) is 38.6 Å². The van der Waals surface area contributed by atoms with Crippen molar-refractivity contribution in [3.05, 3.63) is 83.9 Å². The number of amides is 1. The van der Waals surface area contributed by atoms with Crippen molar-refractivity contribution in [2.45, 2.75) is 62.6 Å². The van der Waals surface area contributed by atoms with Gasteiger partial charge in [0.25, 0.3) is 10.0 Å². The fourth-order valence-corrected chi connectivity index (χ4v) is 5.84. The number of aliphatic hydroxyl groups excluding tert-OH is 1. The zero-order chi connectivity index (χ0) is 27.0. The van der Waals surface area contributed by atoms with Crippen LogP contribution in [-0.2, 0) is 21.2 Å². The van der Waals surface area contributed by atoms with Crippen LogP contribution in [0.1, 0.15) is 56.3 Å². The second-order valence-corrected chi connectivity index (χ2v) is 11.4. The maximum absolute atomic E-state index is 12.8. The van der Waals surface area contributed by atoms with Gasteiger partial charge >= 0.3 is 0 Å². The molecule has 8 heteroatoms. The lowest BCUT2D eigenvalue weighted by Crippen LogP contribution is -2.29. The van der Waals surface area contributed by atoms with Gasteiger partial charge in [0.2, 0.25) is 5.91 Å². The topological polar surface area (TPSA) is 105 Å². The highest BCUT2D eigenvalue weighted by atomic mass is 32.2. The number of sulfonamides is 1. The minimum atomic E-state index is -4.03. The molecular formula is C30H36N2O5S. The predicted molar refractivity (Wildman–Crippen MR) is 148 cm³/mol. The summed E-state index contributed by atoms with van der Waals surface area (Å²) in [6.45, 7) is 2.40. The molecule has 0 radical (unpaired) electrons. The van der Waals surface area contributed by atoms with Crippen LogP contribution in [0.3, 0.4) is 0 Å². The van der Waals surface area contributed by atoms with Crippen molar-refractivity contribution in [2.24, 2.45) is 0 Å². The standard InChI is InChI=1S/C30H36N2O5S/c1-22(33)32-38(35,36)30-17-16-26(20-29(30)37-27-10-6-3-7-11-27)24-14-12-23(13-15-24)18-19-31-21-28(34)25-8-4-2-5-9-25/h2,4-5,8-9,12-17,20,27-28,31,34H,3,6-7,10-11,18-19,21H2,1H3,(H,32,33)/t28-/m1/s1. The van der Waals surface area contributed by atoms with E-state index in [9.17, 15) is 18.3 Å². The second-order valence-electron chi connectivity index (χ2n) is 9.78. The van der Waals surface area contributed by atoms with Crippen LogP contribution in [0.2, 0.25) is 0 Å². The summed E-state index contributed by atoms with van der Waals surface area (Å²) in [5.41, 5.74) is 3.83. The molecule has 1 saturated carbocycles. The first-order chi connectivity index (χ1) is 18.3. The molecule has 7 nitrogen and oxygen atoms in total. The lowest BCUT2D eigenvalue weighted by molar-refractivity contribution is -0.117. The van der Waals surface area contributed by atoms with E-state index in [2.05, 4.69) is 10.0 Å². The van der Waals surface area contributed by atoms with Crippen molar-refractivity contribution in [1.82, 2.24) is 10.0 Å². The number of benzene rings is 3. The summed E-state index contributed by atoms with van der Waals surface area (Å²) in [7, 11) is -4.03. The quantitative estimate of drug-likeness (QED) is 0.306. The number of hydrogen-bond acceptors (Lipinski definition) is 6. The molecule has 0 heterocycles. The van der Waals surface area contributed by atoms with E-state index in [4.69, 9.17) is 4.74 Å². The molecule has 0 aliphatic heterocycles. The Balaban J connectivity index is 1.43. The lowest BCUT2D eigenvalue weighted by atomic mass is 9.97. The van der Waals surface area contributed by atoms with E-state index >= 15 is 0 Å². The maximum Gasteiger partial charge on any atom is 0.267 e. The van der Waals surface area contributed by atoms with E-state index in [-0.39, 0.29) is 16.7 Å². The number of nitrogens with one attached hydrogen (secondary N) is 2. The fraction of sp³-hybridized carbons (Fsp3) is 0.367. The van der Waals surface area contributed by atoms with Crippen LogP contribution < -0.4 is 14.8 Å². The van der Waals surface area contributed by atoms with E-state index < -0.39 is 22.0 Å². The van der Waals surface area contributed by atoms with Crippen molar-refractivity contribution < 1.29 is 23.1 Å². The summed E-state index contributed by atoms with van der Waals surface area (Å²) < 4.78 is 33.9. The summed E-state index contributed by atoms with van der Waals surface area (Å²) in [5, 5.41) is 13.6. The number of rotatable bonds is 11. The van der Waals surface area contributed by atoms with Crippen molar-refractivity contribution in [3.63, 3.8) is 0 Å². The zero-order valence-corrected chi connectivity index (χ0v) is 22.5. The smallest absolute Gasteiger partial charge is 0.267 e. The largest absolute Gasteiger partial charge is 0.489 e. The Kier molecular flexibility index (Phi) is 9.55. The molecule has 1 atom stereocenters. The molecule has 0 unspecified atom stereocenters. The molecule has 0 saturated heterocycles. The van der Waals surface area contributed by atoms with Gasteiger partial charge in [-0.05, 0) is 73.0 Å². The van der Waals surface area contributed by atoms with Gasteiger partial charge < -0.3 is 15.2 Å². The second kappa shape index (κ2) is 13.0. The van der Waals surface area contributed by atoms with Crippen molar-refractivity contribution in [1.29, 1.82) is 0 Å². The van der Waals surface area contributed by atoms with Gasteiger partial charge in [0, 0.05) is 13.5 Å². The first-order valence-electron chi connectivity index (χ1n) is 13.2. The third kappa shape index (κ3) is 7.66. The highest BCUT2D eigenvalue weighted by Gasteiger charge is 2.24. The van der Waals surface area contributed by atoms with E-state index in [1.807, 2.05) is 54.6 Å². The zero-order valence-electron chi connectivity index (χ0n) is 21.7. The first kappa shape index (κ1) is 27.8. The third-order valence-electron chi connectivity index (χ3n) is 6.76. The Morgan fingerprint density at radius 1 is 0.974 bits per heavy atom. The number of carbonyl (C=O) groups is 1. The highest BCUT2D eigenvalue weighted by Crippen LogP contribution is 2.33. The van der Waals surface area contributed by atoms with Crippen LogP contribution >= 0.6 is 0 Å². The van der Waals surface area contributed by atoms with Gasteiger partial charge in [-0.1, -0.05) is 67.1 Å². The Morgan fingerprint density at radius 3 is 2.34 bits per heavy atom. The van der Waals surface area contributed by atoms with Crippen LogP contribution in [0.15, 0.2) is 77.7 Å². The fourth-order valence-electron chi connectivity index (χ4n) is 4.74. The molecule has 0 spiro atoms. The molecule has 1 amide bonds. The Bertz CT molecular complexity index is 1300. The third-order valence-corrected chi connectivity index (χ3v) is 8.23. The molecule has 3 aromatic carbocycles. The van der Waals surface area contributed by atoms with E-state index in [1.165, 1.54) is 13.0 Å². The Labute approximate surface area is 225 Å². The number of carbonyl (C=O) groups excluding carboxylic acids is 1. The number of ether oxygens (including phenoxy) is 1. The van der Waals surface area contributed by atoms with Crippen molar-refractivity contribution in [2.75, 3.05) is 13.1 Å². The molecule has 0 bridgehead atoms. The minimum Gasteiger partial charge on any atom is -0.489 e. The molecule has 1 aliphatic rings. The van der Waals surface area contributed by atoms with Gasteiger partial charge in [0.05, 0.1) is 12.2 Å². The van der Waals surface area contributed by atoms with Gasteiger partial charge in [0.1, 0.15) is 10.6 Å². The van der Waals surface area contributed by atoms with Gasteiger partial charge in [-0.25, -0.2) is 13.1 Å². The van der Waals surface area contributed by atoms with Crippen LogP contribution in [0.5, 0.6) is 5.75 Å². The van der Waals surface area contributed by atoms with Crippen molar-refractivity contribution >= 4 is 15.9 Å². The summed E-state index contributed by atoms with van der Waals surface area (Å²) in [6, 6.07) is 22.7. The van der Waals surface area contributed by atoms with E-state index in [0.717, 1.165) is 67.3 Å². The molecule has 1 fully saturated rings. The van der Waals surface area contributed by atoms with E-state index in [0.29, 0.717) is 6.54 Å². The van der Waals surface area contributed by atoms with Crippen LogP contribution in [0.25, 0.3) is 11.1 Å². The first-order valence-corrected chi connectivity index (χ1v) is 14.7. The van der Waals surface area contributed by atoms with Crippen molar-refractivity contribution in [3.8, 4) is 16.9 Å². The molecule has 3 N–H and O–H groups in total. The van der Waals surface area contributed by atoms with Gasteiger partial charge in [-0.3, -0.25) is 4.79 Å². The molecular weight excluding hydrogens is 500 g/mol. The molecule has 4 rings (SSSR count). The average Bonchev–Trinajstić information content (AvgIpc) is 2.91. The molecule has 3 aromatic rings. The molecule has 38 heavy (non-hydrogen) atoms. The average molecular weight is 537 g/mol. The minimum absolute atomic E-state index is 0.0255.